The first-order valence-electron chi connectivity index (χ1n) is 15.7. The van der Waals surface area contributed by atoms with Crippen LogP contribution in [0, 0.1) is 11.8 Å². The van der Waals surface area contributed by atoms with Crippen LogP contribution in [0.15, 0.2) is 11.0 Å². The van der Waals surface area contributed by atoms with Crippen molar-refractivity contribution in [2.75, 3.05) is 43.4 Å². The molecule has 0 bridgehead atoms. The van der Waals surface area contributed by atoms with Crippen LogP contribution < -0.4 is 27.7 Å². The fourth-order valence-electron chi connectivity index (χ4n) is 5.22. The van der Waals surface area contributed by atoms with E-state index in [1.807, 2.05) is 0 Å². The molecule has 0 spiro atoms. The summed E-state index contributed by atoms with van der Waals surface area (Å²) in [5.41, 5.74) is 10.3. The molecule has 25 nitrogen and oxygen atoms in total. The lowest BCUT2D eigenvalue weighted by Crippen LogP contribution is -2.48. The molecule has 2 aliphatic rings. The predicted molar refractivity (Wildman–Crippen MR) is 192 cm³/mol. The van der Waals surface area contributed by atoms with Gasteiger partial charge in [-0.2, -0.15) is 13.6 Å². The Kier molecular flexibility index (Phi) is 15.5. The van der Waals surface area contributed by atoms with Crippen molar-refractivity contribution in [2.24, 2.45) is 5.73 Å². The number of amides is 3. The Morgan fingerprint density at radius 3 is 2.47 bits per heavy atom. The maximum Gasteiger partial charge on any atom is 0.490 e. The van der Waals surface area contributed by atoms with Gasteiger partial charge in [0, 0.05) is 50.1 Å². The summed E-state index contributed by atoms with van der Waals surface area (Å²) in [4.78, 5) is 93.8. The zero-order chi connectivity index (χ0) is 40.7. The lowest BCUT2D eigenvalue weighted by atomic mass is 10.2. The van der Waals surface area contributed by atoms with Gasteiger partial charge in [-0.15, -0.1) is 0 Å². The SMILES string of the molecule is NCC(=O)N1C[C@H](O)C[C@H]1C(=O)NCCSSCCC(=O)NCC#Cc1cn([C@H]2C[C@@H](O)[C@@H](OP(=O)(O)OP(=O)(O)OP(=O)(O)O)O2)c2nc(N)[nH]c(=O)c12. The summed E-state index contributed by atoms with van der Waals surface area (Å²) in [6.45, 7) is -0.0470. The number of carbonyl (C=O) groups excluding carboxylic acids is 3. The van der Waals surface area contributed by atoms with Gasteiger partial charge in [0.25, 0.3) is 5.56 Å². The van der Waals surface area contributed by atoms with Gasteiger partial charge in [-0.25, -0.2) is 13.7 Å². The van der Waals surface area contributed by atoms with E-state index in [0.717, 1.165) is 0 Å². The van der Waals surface area contributed by atoms with Crippen molar-refractivity contribution in [3.05, 3.63) is 22.1 Å². The topological polar surface area (TPSA) is 391 Å². The predicted octanol–water partition coefficient (Wildman–Crippen LogP) is -2.47. The highest BCUT2D eigenvalue weighted by Crippen LogP contribution is 2.67. The number of nitrogens with one attached hydrogen (secondary N) is 3. The average molecular weight is 879 g/mol. The molecule has 306 valence electrons. The van der Waals surface area contributed by atoms with Gasteiger partial charge in [0.05, 0.1) is 30.1 Å². The summed E-state index contributed by atoms with van der Waals surface area (Å²) < 4.78 is 53.3. The smallest absolute Gasteiger partial charge is 0.391 e. The molecular formula is C25H37N8O17P3S2. The first kappa shape index (κ1) is 44.8. The fraction of sp³-hybridized carbons (Fsp3) is 0.560. The summed E-state index contributed by atoms with van der Waals surface area (Å²) in [6.07, 6.45) is -4.63. The van der Waals surface area contributed by atoms with Gasteiger partial charge in [-0.3, -0.25) is 28.7 Å². The molecule has 0 saturated carbocycles. The third-order valence-electron chi connectivity index (χ3n) is 7.37. The van der Waals surface area contributed by atoms with Crippen LogP contribution in [-0.2, 0) is 46.0 Å². The minimum absolute atomic E-state index is 0.0492. The Morgan fingerprint density at radius 2 is 1.78 bits per heavy atom. The Balaban J connectivity index is 1.26. The van der Waals surface area contributed by atoms with Crippen LogP contribution in [0.25, 0.3) is 11.0 Å². The number of H-pyrrole nitrogens is 1. The molecule has 7 atom stereocenters. The molecule has 3 amide bonds. The molecule has 4 rings (SSSR count). The van der Waals surface area contributed by atoms with Gasteiger partial charge in [0.15, 0.2) is 11.9 Å². The Morgan fingerprint density at radius 1 is 1.07 bits per heavy atom. The largest absolute Gasteiger partial charge is 0.490 e. The zero-order valence-electron chi connectivity index (χ0n) is 28.2. The quantitative estimate of drug-likeness (QED) is 0.0339. The summed E-state index contributed by atoms with van der Waals surface area (Å²) in [7, 11) is -14.4. The number of β-amino-alcohol motifs (C(OH)–C–C–N with tert-alkyl or cyclic N) is 1. The molecule has 2 aromatic rings. The van der Waals surface area contributed by atoms with Crippen molar-refractivity contribution in [1.82, 2.24) is 30.1 Å². The summed E-state index contributed by atoms with van der Waals surface area (Å²) >= 11 is 0. The number of carbonyl (C=O) groups is 3. The van der Waals surface area contributed by atoms with Gasteiger partial charge in [-0.05, 0) is 0 Å². The first-order chi connectivity index (χ1) is 25.7. The van der Waals surface area contributed by atoms with Crippen LogP contribution in [0.5, 0.6) is 0 Å². The van der Waals surface area contributed by atoms with E-state index in [9.17, 15) is 52.9 Å². The van der Waals surface area contributed by atoms with Gasteiger partial charge in [0.2, 0.25) is 23.7 Å². The number of phosphoric ester groups is 1. The molecule has 2 aromatic heterocycles. The van der Waals surface area contributed by atoms with Crippen molar-refractivity contribution in [2.45, 2.75) is 50.0 Å². The van der Waals surface area contributed by atoms with E-state index in [0.29, 0.717) is 18.1 Å². The number of anilines is 1. The number of rotatable bonds is 17. The normalized spacial score (nSPS) is 23.5. The van der Waals surface area contributed by atoms with E-state index in [4.69, 9.17) is 26.0 Å². The van der Waals surface area contributed by atoms with Gasteiger partial charge in [0.1, 0.15) is 18.4 Å². The highest BCUT2D eigenvalue weighted by atomic mass is 33.1. The number of fused-ring (bicyclic) bond motifs is 1. The van der Waals surface area contributed by atoms with E-state index >= 15 is 0 Å². The monoisotopic (exact) mass is 878 g/mol. The lowest BCUT2D eigenvalue weighted by molar-refractivity contribution is -0.137. The molecule has 0 radical (unpaired) electrons. The number of likely N-dealkylation sites (tertiary alicyclic amines) is 1. The van der Waals surface area contributed by atoms with Crippen LogP contribution in [0.1, 0.15) is 31.1 Å². The highest BCUT2D eigenvalue weighted by molar-refractivity contribution is 8.76. The van der Waals surface area contributed by atoms with Crippen LogP contribution >= 0.6 is 45.1 Å². The van der Waals surface area contributed by atoms with Crippen molar-refractivity contribution in [3.63, 3.8) is 0 Å². The van der Waals surface area contributed by atoms with Gasteiger partial charge < -0.3 is 66.1 Å². The van der Waals surface area contributed by atoms with Crippen LogP contribution in [0.2, 0.25) is 0 Å². The standard InChI is InChI=1S/C25H37N8O17P3S2/c26-10-18(37)32-12-14(34)8-15(32)22(38)29-5-7-55-54-6-3-17(36)28-4-1-2-13-11-33(21-20(13)23(39)31-25(27)30-21)19-9-16(35)24(47-19)48-52(43,44)50-53(45,46)49-51(40,41)42/h11,14-16,19,24,34-35H,3-10,12,26H2,(H,28,36)(H,29,38)(H,43,44)(H,45,46)(H2,40,41,42)(H3,27,30,31,39)/t14-,15+,16-,19-,24-/m1/s1. The molecule has 0 aromatic carbocycles. The van der Waals surface area contributed by atoms with Crippen LogP contribution in [0.4, 0.5) is 5.95 Å². The van der Waals surface area contributed by atoms with Crippen molar-refractivity contribution in [1.29, 1.82) is 0 Å². The van der Waals surface area contributed by atoms with Crippen molar-refractivity contribution >= 4 is 79.8 Å². The molecule has 55 heavy (non-hydrogen) atoms. The molecule has 13 N–H and O–H groups in total. The number of aromatic amines is 1. The minimum atomic E-state index is -5.85. The zero-order valence-corrected chi connectivity index (χ0v) is 32.5. The summed E-state index contributed by atoms with van der Waals surface area (Å²) in [5.74, 6) is 4.91. The van der Waals surface area contributed by atoms with Gasteiger partial charge in [-0.1, -0.05) is 33.4 Å². The third-order valence-corrected chi connectivity index (χ3v) is 13.6. The average Bonchev–Trinajstić information content (AvgIpc) is 3.74. The van der Waals surface area contributed by atoms with E-state index < -0.39 is 65.7 Å². The minimum Gasteiger partial charge on any atom is -0.391 e. The Hall–Kier alpha value is -2.86. The molecule has 2 aliphatic heterocycles. The molecule has 30 heteroatoms. The number of ether oxygens (including phenoxy) is 1. The second kappa shape index (κ2) is 19.1. The van der Waals surface area contributed by atoms with E-state index in [2.05, 4.69) is 45.6 Å². The summed E-state index contributed by atoms with van der Waals surface area (Å²) in [5, 5.41) is 25.5. The number of phosphoric acid groups is 3. The number of hydrogen-bond acceptors (Lipinski definition) is 18. The van der Waals surface area contributed by atoms with E-state index in [1.165, 1.54) is 37.3 Å². The number of nitrogen functional groups attached to an aromatic ring is 1. The van der Waals surface area contributed by atoms with Crippen LogP contribution in [0.3, 0.4) is 0 Å². The molecule has 4 heterocycles. The number of nitrogens with two attached hydrogens (primary N) is 2. The number of nitrogens with zero attached hydrogens (tertiary/aromatic N) is 3. The third kappa shape index (κ3) is 13.1. The maximum absolute atomic E-state index is 12.8. The number of aromatic nitrogens is 3. The molecular weight excluding hydrogens is 841 g/mol. The molecule has 0 aliphatic carbocycles. The Bertz CT molecular complexity index is 2020. The van der Waals surface area contributed by atoms with E-state index in [1.54, 1.807) is 0 Å². The van der Waals surface area contributed by atoms with Crippen molar-refractivity contribution in [3.8, 4) is 11.8 Å². The second-order valence-electron chi connectivity index (χ2n) is 11.5. The first-order valence-corrected chi connectivity index (χ1v) is 22.7. The lowest BCUT2D eigenvalue weighted by Gasteiger charge is -2.22. The summed E-state index contributed by atoms with van der Waals surface area (Å²) in [6, 6.07) is -0.783. The number of aliphatic hydroxyl groups is 2. The maximum atomic E-state index is 12.8. The molecule has 2 fully saturated rings. The number of aliphatic hydroxyl groups excluding tert-OH is 2. The van der Waals surface area contributed by atoms with Crippen LogP contribution in [-0.4, -0.2) is 129 Å². The van der Waals surface area contributed by atoms with Gasteiger partial charge >= 0.3 is 23.5 Å². The Labute approximate surface area is 318 Å². The van der Waals surface area contributed by atoms with Crippen molar-refractivity contribution < 1.29 is 75.7 Å². The molecule has 2 saturated heterocycles. The number of hydrogen-bond donors (Lipinski definition) is 11. The van der Waals surface area contributed by atoms with E-state index in [-0.39, 0.29) is 73.3 Å². The highest BCUT2D eigenvalue weighted by Gasteiger charge is 2.46. The second-order valence-corrected chi connectivity index (χ2v) is 18.6. The fourth-order valence-corrected chi connectivity index (χ4v) is 10.2. The molecule has 2 unspecified atom stereocenters.